The molecular weight excluding hydrogens is 347 g/mol. The Morgan fingerprint density at radius 2 is 2.28 bits per heavy atom. The number of methoxy groups -OCH3 is 1. The van der Waals surface area contributed by atoms with E-state index in [1.54, 1.807) is 26.2 Å². The number of nitrogens with one attached hydrogen (secondary N) is 2. The van der Waals surface area contributed by atoms with Crippen molar-refractivity contribution in [3.63, 3.8) is 0 Å². The highest BCUT2D eigenvalue weighted by Crippen LogP contribution is 2.13. The molecule has 0 aliphatic carbocycles. The van der Waals surface area contributed by atoms with E-state index in [0.29, 0.717) is 36.8 Å². The summed E-state index contributed by atoms with van der Waals surface area (Å²) in [5.74, 6) is -0.323. The lowest BCUT2D eigenvalue weighted by Crippen LogP contribution is -2.25. The van der Waals surface area contributed by atoms with Gasteiger partial charge in [-0.1, -0.05) is 23.9 Å². The van der Waals surface area contributed by atoms with Gasteiger partial charge in [0.15, 0.2) is 5.16 Å². The number of carbonyl (C=O) groups is 1. The van der Waals surface area contributed by atoms with Crippen molar-refractivity contribution < 1.29 is 13.9 Å². The van der Waals surface area contributed by atoms with E-state index in [4.69, 9.17) is 4.74 Å². The van der Waals surface area contributed by atoms with Crippen LogP contribution in [0.2, 0.25) is 0 Å². The van der Waals surface area contributed by atoms with Crippen molar-refractivity contribution in [1.82, 2.24) is 20.1 Å². The van der Waals surface area contributed by atoms with E-state index in [0.717, 1.165) is 5.56 Å². The van der Waals surface area contributed by atoms with Crippen LogP contribution in [0.5, 0.6) is 0 Å². The summed E-state index contributed by atoms with van der Waals surface area (Å²) >= 11 is 1.18. The molecule has 0 atom stereocenters. The number of aromatic amines is 1. The van der Waals surface area contributed by atoms with Crippen LogP contribution in [0.25, 0.3) is 0 Å². The maximum Gasteiger partial charge on any atom is 0.343 e. The number of nitrogens with zero attached hydrogens (tertiary/aromatic N) is 2. The minimum atomic E-state index is -0.305. The van der Waals surface area contributed by atoms with Gasteiger partial charge < -0.3 is 10.1 Å². The Morgan fingerprint density at radius 1 is 1.48 bits per heavy atom. The Labute approximate surface area is 149 Å². The van der Waals surface area contributed by atoms with Gasteiger partial charge in [-0.15, -0.1) is 5.10 Å². The maximum atomic E-state index is 13.2. The van der Waals surface area contributed by atoms with E-state index < -0.39 is 0 Å². The molecule has 2 N–H and O–H groups in total. The van der Waals surface area contributed by atoms with Crippen LogP contribution >= 0.6 is 11.8 Å². The van der Waals surface area contributed by atoms with Crippen molar-refractivity contribution in [3.05, 3.63) is 45.6 Å². The first-order chi connectivity index (χ1) is 12.0. The Balaban J connectivity index is 1.83. The lowest BCUT2D eigenvalue weighted by molar-refractivity contribution is -0.118. The smallest absolute Gasteiger partial charge is 0.343 e. The van der Waals surface area contributed by atoms with Gasteiger partial charge in [-0.3, -0.25) is 9.36 Å². The fraction of sp³-hybridized carbons (Fsp3) is 0.438. The second-order valence-electron chi connectivity index (χ2n) is 5.46. The molecule has 0 unspecified atom stereocenters. The molecule has 1 aromatic heterocycles. The molecule has 0 fully saturated rings. The number of amides is 1. The number of carbonyl (C=O) groups excluding carboxylic acids is 1. The zero-order valence-electron chi connectivity index (χ0n) is 14.2. The number of benzene rings is 1. The lowest BCUT2D eigenvalue weighted by atomic mass is 10.1. The van der Waals surface area contributed by atoms with Gasteiger partial charge in [0.2, 0.25) is 5.91 Å². The molecule has 1 heterocycles. The van der Waals surface area contributed by atoms with E-state index in [-0.39, 0.29) is 23.2 Å². The SMILES string of the molecule is COCCCn1c(SCC(=O)NCc2ccc(F)c(C)c2)n[nH]c1=O. The Kier molecular flexibility index (Phi) is 7.20. The zero-order valence-corrected chi connectivity index (χ0v) is 15.0. The molecule has 9 heteroatoms. The third-order valence-corrected chi connectivity index (χ3v) is 4.47. The van der Waals surface area contributed by atoms with Crippen LogP contribution in [0, 0.1) is 12.7 Å². The number of hydrogen-bond acceptors (Lipinski definition) is 5. The summed E-state index contributed by atoms with van der Waals surface area (Å²) < 4.78 is 19.7. The minimum absolute atomic E-state index is 0.134. The van der Waals surface area contributed by atoms with Crippen LogP contribution in [0.3, 0.4) is 0 Å². The van der Waals surface area contributed by atoms with Crippen LogP contribution in [-0.2, 0) is 22.6 Å². The molecule has 0 bridgehead atoms. The molecule has 7 nitrogen and oxygen atoms in total. The number of halogens is 1. The molecule has 1 aromatic carbocycles. The fourth-order valence-electron chi connectivity index (χ4n) is 2.18. The highest BCUT2D eigenvalue weighted by molar-refractivity contribution is 7.99. The number of aromatic nitrogens is 3. The number of rotatable bonds is 9. The van der Waals surface area contributed by atoms with Gasteiger partial charge in [-0.05, 0) is 30.5 Å². The number of aryl methyl sites for hydroxylation is 1. The van der Waals surface area contributed by atoms with Gasteiger partial charge in [-0.25, -0.2) is 14.3 Å². The predicted molar refractivity (Wildman–Crippen MR) is 93.0 cm³/mol. The first-order valence-corrected chi connectivity index (χ1v) is 8.78. The van der Waals surface area contributed by atoms with E-state index in [9.17, 15) is 14.0 Å². The van der Waals surface area contributed by atoms with E-state index in [2.05, 4.69) is 15.5 Å². The molecule has 25 heavy (non-hydrogen) atoms. The van der Waals surface area contributed by atoms with Crippen molar-refractivity contribution in [1.29, 1.82) is 0 Å². The molecule has 2 rings (SSSR count). The summed E-state index contributed by atoms with van der Waals surface area (Å²) in [4.78, 5) is 23.7. The average molecular weight is 368 g/mol. The number of thioether (sulfide) groups is 1. The van der Waals surface area contributed by atoms with Gasteiger partial charge in [0.1, 0.15) is 5.82 Å². The zero-order chi connectivity index (χ0) is 18.2. The van der Waals surface area contributed by atoms with Gasteiger partial charge in [0.05, 0.1) is 5.75 Å². The molecule has 0 aliphatic heterocycles. The minimum Gasteiger partial charge on any atom is -0.385 e. The summed E-state index contributed by atoms with van der Waals surface area (Å²) in [6.07, 6.45) is 0.680. The Bertz CT molecular complexity index is 775. The summed E-state index contributed by atoms with van der Waals surface area (Å²) in [7, 11) is 1.60. The molecule has 0 aliphatic rings. The van der Waals surface area contributed by atoms with Crippen LogP contribution in [-0.4, -0.2) is 40.1 Å². The van der Waals surface area contributed by atoms with Crippen LogP contribution in [0.4, 0.5) is 4.39 Å². The summed E-state index contributed by atoms with van der Waals surface area (Å²) in [5, 5.41) is 9.55. The van der Waals surface area contributed by atoms with Crippen LogP contribution < -0.4 is 11.0 Å². The Morgan fingerprint density at radius 3 is 3.00 bits per heavy atom. The largest absolute Gasteiger partial charge is 0.385 e. The third-order valence-electron chi connectivity index (χ3n) is 3.50. The van der Waals surface area contributed by atoms with E-state index in [1.807, 2.05) is 0 Å². The summed E-state index contributed by atoms with van der Waals surface area (Å²) in [6, 6.07) is 4.72. The topological polar surface area (TPSA) is 89.0 Å². The second kappa shape index (κ2) is 9.38. The number of hydrogen-bond donors (Lipinski definition) is 2. The molecule has 2 aromatic rings. The second-order valence-corrected chi connectivity index (χ2v) is 6.40. The first-order valence-electron chi connectivity index (χ1n) is 7.80. The van der Waals surface area contributed by atoms with Crippen LogP contribution in [0.1, 0.15) is 17.5 Å². The predicted octanol–water partition coefficient (Wildman–Crippen LogP) is 1.46. The molecule has 0 saturated heterocycles. The number of ether oxygens (including phenoxy) is 1. The molecule has 1 amide bonds. The van der Waals surface area contributed by atoms with Gasteiger partial charge >= 0.3 is 5.69 Å². The van der Waals surface area contributed by atoms with Gasteiger partial charge in [0, 0.05) is 26.8 Å². The van der Waals surface area contributed by atoms with Gasteiger partial charge in [-0.2, -0.15) is 0 Å². The third kappa shape index (κ3) is 5.71. The van der Waals surface area contributed by atoms with Crippen molar-refractivity contribution >= 4 is 17.7 Å². The van der Waals surface area contributed by atoms with Gasteiger partial charge in [0.25, 0.3) is 0 Å². The van der Waals surface area contributed by atoms with Crippen molar-refractivity contribution in [2.75, 3.05) is 19.5 Å². The highest BCUT2D eigenvalue weighted by atomic mass is 32.2. The van der Waals surface area contributed by atoms with Crippen molar-refractivity contribution in [2.24, 2.45) is 0 Å². The van der Waals surface area contributed by atoms with Crippen molar-refractivity contribution in [3.8, 4) is 0 Å². The molecule has 0 radical (unpaired) electrons. The molecule has 0 spiro atoms. The lowest BCUT2D eigenvalue weighted by Gasteiger charge is -2.07. The van der Waals surface area contributed by atoms with E-state index in [1.165, 1.54) is 22.4 Å². The molecule has 0 saturated carbocycles. The molecular formula is C16H21FN4O3S. The standard InChI is InChI=1S/C16H21FN4O3S/c1-11-8-12(4-5-13(11)17)9-18-14(22)10-25-16-20-19-15(23)21(16)6-3-7-24-2/h4-5,8H,3,6-7,9-10H2,1-2H3,(H,18,22)(H,19,23). The van der Waals surface area contributed by atoms with Crippen LogP contribution in [0.15, 0.2) is 28.2 Å². The average Bonchev–Trinajstić information content (AvgIpc) is 2.94. The van der Waals surface area contributed by atoms with E-state index >= 15 is 0 Å². The maximum absolute atomic E-state index is 13.2. The first kappa shape index (κ1) is 19.2. The quantitative estimate of drug-likeness (QED) is 0.517. The monoisotopic (exact) mass is 368 g/mol. The number of H-pyrrole nitrogens is 1. The highest BCUT2D eigenvalue weighted by Gasteiger charge is 2.11. The summed E-state index contributed by atoms with van der Waals surface area (Å²) in [6.45, 7) is 3.01. The van der Waals surface area contributed by atoms with Crippen molar-refractivity contribution in [2.45, 2.75) is 31.6 Å². The normalized spacial score (nSPS) is 10.8. The molecule has 136 valence electrons. The summed E-state index contributed by atoms with van der Waals surface area (Å²) in [5.41, 5.74) is 1.06. The fourth-order valence-corrected chi connectivity index (χ4v) is 2.98. The Hall–Kier alpha value is -2.13.